The van der Waals surface area contributed by atoms with Crippen molar-refractivity contribution in [3.05, 3.63) is 28.2 Å². The summed E-state index contributed by atoms with van der Waals surface area (Å²) in [5.74, 6) is -0.229. The maximum absolute atomic E-state index is 10.1. The van der Waals surface area contributed by atoms with Gasteiger partial charge in [0, 0.05) is 5.56 Å². The number of rotatable bonds is 2. The molecule has 0 saturated heterocycles. The van der Waals surface area contributed by atoms with Crippen LogP contribution in [0.5, 0.6) is 5.75 Å². The zero-order chi connectivity index (χ0) is 9.14. The maximum atomic E-state index is 10.1. The zero-order valence-electron chi connectivity index (χ0n) is 6.61. The summed E-state index contributed by atoms with van der Waals surface area (Å²) in [7, 11) is 0. The normalized spacial score (nSPS) is 9.83. The van der Waals surface area contributed by atoms with E-state index in [4.69, 9.17) is 5.11 Å². The number of hydrogen-bond donors (Lipinski definition) is 2. The predicted octanol–water partition coefficient (Wildman–Crippen LogP) is 1.59. The molecule has 0 aliphatic carbocycles. The number of aliphatic hydroxyl groups excluding tert-OH is 1. The fourth-order valence-electron chi connectivity index (χ4n) is 0.998. The zero-order valence-corrected chi connectivity index (χ0v) is 6.61. The number of phenols is 1. The third-order valence-electron chi connectivity index (χ3n) is 1.75. The first-order valence-corrected chi connectivity index (χ1v) is 3.46. The van der Waals surface area contributed by atoms with Crippen LogP contribution in [0, 0.1) is 11.8 Å². The minimum Gasteiger partial charge on any atom is -0.505 e. The first kappa shape index (κ1) is 8.67. The molecule has 64 valence electrons. The summed E-state index contributed by atoms with van der Waals surface area (Å²) in [5, 5.41) is 20.7. The van der Waals surface area contributed by atoms with E-state index < -0.39 is 0 Å². The van der Waals surface area contributed by atoms with Crippen molar-refractivity contribution in [2.75, 3.05) is 0 Å². The van der Waals surface area contributed by atoms with Crippen LogP contribution in [-0.2, 0) is 6.61 Å². The molecule has 1 aromatic rings. The van der Waals surface area contributed by atoms with Gasteiger partial charge in [0.2, 0.25) is 0 Å². The van der Waals surface area contributed by atoms with Gasteiger partial charge in [-0.15, -0.1) is 4.91 Å². The average Bonchev–Trinajstić information content (AvgIpc) is 2.06. The van der Waals surface area contributed by atoms with E-state index in [-0.39, 0.29) is 18.0 Å². The van der Waals surface area contributed by atoms with Crippen molar-refractivity contribution in [1.29, 1.82) is 0 Å². The Kier molecular flexibility index (Phi) is 2.40. The van der Waals surface area contributed by atoms with Crippen LogP contribution >= 0.6 is 0 Å². The summed E-state index contributed by atoms with van der Waals surface area (Å²) >= 11 is 0. The van der Waals surface area contributed by atoms with E-state index in [1.807, 2.05) is 0 Å². The van der Waals surface area contributed by atoms with Gasteiger partial charge in [0.1, 0.15) is 5.69 Å². The van der Waals surface area contributed by atoms with E-state index in [2.05, 4.69) is 5.18 Å². The van der Waals surface area contributed by atoms with Crippen molar-refractivity contribution in [2.24, 2.45) is 5.18 Å². The standard InChI is InChI=1S/C8H9NO3/c1-5-2-3-7(9-12)8(11)6(5)4-10/h2-3,10-11H,4H2,1H3. The number of aliphatic hydroxyl groups is 1. The third-order valence-corrected chi connectivity index (χ3v) is 1.75. The second-order valence-corrected chi connectivity index (χ2v) is 2.48. The number of nitroso groups, excluding NO2 is 1. The summed E-state index contributed by atoms with van der Waals surface area (Å²) in [6.45, 7) is 1.45. The van der Waals surface area contributed by atoms with E-state index >= 15 is 0 Å². The predicted molar refractivity (Wildman–Crippen MR) is 44.2 cm³/mol. The number of aromatic hydroxyl groups is 1. The minimum absolute atomic E-state index is 0.0374. The maximum Gasteiger partial charge on any atom is 0.150 e. The highest BCUT2D eigenvalue weighted by molar-refractivity contribution is 5.57. The van der Waals surface area contributed by atoms with Crippen LogP contribution in [0.3, 0.4) is 0 Å². The second-order valence-electron chi connectivity index (χ2n) is 2.48. The molecule has 0 fully saturated rings. The van der Waals surface area contributed by atoms with Crippen LogP contribution in [0.1, 0.15) is 11.1 Å². The molecule has 0 atom stereocenters. The molecule has 0 spiro atoms. The molecule has 0 aliphatic heterocycles. The van der Waals surface area contributed by atoms with Gasteiger partial charge in [0.15, 0.2) is 5.75 Å². The van der Waals surface area contributed by atoms with E-state index in [0.29, 0.717) is 5.56 Å². The number of benzene rings is 1. The van der Waals surface area contributed by atoms with E-state index in [1.165, 1.54) is 6.07 Å². The van der Waals surface area contributed by atoms with Gasteiger partial charge in [-0.25, -0.2) is 0 Å². The largest absolute Gasteiger partial charge is 0.505 e. The Bertz CT molecular complexity index is 309. The highest BCUT2D eigenvalue weighted by Crippen LogP contribution is 2.31. The van der Waals surface area contributed by atoms with Crippen LogP contribution in [-0.4, -0.2) is 10.2 Å². The van der Waals surface area contributed by atoms with Crippen LogP contribution in [0.2, 0.25) is 0 Å². The van der Waals surface area contributed by atoms with Gasteiger partial charge in [0.25, 0.3) is 0 Å². The van der Waals surface area contributed by atoms with Crippen molar-refractivity contribution < 1.29 is 10.2 Å². The minimum atomic E-state index is -0.291. The summed E-state index contributed by atoms with van der Waals surface area (Å²) in [6, 6.07) is 3.04. The lowest BCUT2D eigenvalue weighted by atomic mass is 10.1. The molecule has 0 bridgehead atoms. The molecular formula is C8H9NO3. The molecule has 0 aliphatic rings. The van der Waals surface area contributed by atoms with Crippen LogP contribution in [0.25, 0.3) is 0 Å². The quantitative estimate of drug-likeness (QED) is 0.657. The Morgan fingerprint density at radius 3 is 2.67 bits per heavy atom. The van der Waals surface area contributed by atoms with E-state index in [9.17, 15) is 10.0 Å². The lowest BCUT2D eigenvalue weighted by Crippen LogP contribution is -1.88. The van der Waals surface area contributed by atoms with Crippen LogP contribution < -0.4 is 0 Å². The van der Waals surface area contributed by atoms with Gasteiger partial charge < -0.3 is 10.2 Å². The molecule has 0 amide bonds. The fourth-order valence-corrected chi connectivity index (χ4v) is 0.998. The first-order chi connectivity index (χ1) is 5.70. The van der Waals surface area contributed by atoms with Gasteiger partial charge in [-0.3, -0.25) is 0 Å². The fraction of sp³-hybridized carbons (Fsp3) is 0.250. The Morgan fingerprint density at radius 2 is 2.17 bits per heavy atom. The molecule has 1 rings (SSSR count). The highest BCUT2D eigenvalue weighted by Gasteiger charge is 2.08. The lowest BCUT2D eigenvalue weighted by molar-refractivity contribution is 0.275. The molecule has 0 radical (unpaired) electrons. The van der Waals surface area contributed by atoms with Crippen LogP contribution in [0.4, 0.5) is 5.69 Å². The van der Waals surface area contributed by atoms with Crippen molar-refractivity contribution >= 4 is 5.69 Å². The van der Waals surface area contributed by atoms with Gasteiger partial charge in [-0.1, -0.05) is 6.07 Å². The highest BCUT2D eigenvalue weighted by atomic mass is 16.3. The van der Waals surface area contributed by atoms with Gasteiger partial charge in [-0.05, 0) is 23.7 Å². The van der Waals surface area contributed by atoms with Crippen molar-refractivity contribution in [3.8, 4) is 5.75 Å². The molecule has 0 unspecified atom stereocenters. The summed E-state index contributed by atoms with van der Waals surface area (Å²) in [5.41, 5.74) is 1.05. The Morgan fingerprint density at radius 1 is 1.50 bits per heavy atom. The third kappa shape index (κ3) is 1.29. The topological polar surface area (TPSA) is 69.9 Å². The monoisotopic (exact) mass is 167 g/mol. The number of aryl methyl sites for hydroxylation is 1. The summed E-state index contributed by atoms with van der Waals surface area (Å²) < 4.78 is 0. The van der Waals surface area contributed by atoms with E-state index in [1.54, 1.807) is 13.0 Å². The first-order valence-electron chi connectivity index (χ1n) is 3.46. The number of hydrogen-bond acceptors (Lipinski definition) is 4. The molecule has 2 N–H and O–H groups in total. The lowest BCUT2D eigenvalue weighted by Gasteiger charge is -2.05. The number of nitrogens with zero attached hydrogens (tertiary/aromatic N) is 1. The van der Waals surface area contributed by atoms with Crippen molar-refractivity contribution in [3.63, 3.8) is 0 Å². The Labute approximate surface area is 69.4 Å². The van der Waals surface area contributed by atoms with Gasteiger partial charge in [-0.2, -0.15) is 0 Å². The van der Waals surface area contributed by atoms with Gasteiger partial charge in [0.05, 0.1) is 6.61 Å². The Balaban J connectivity index is 3.33. The molecule has 1 aromatic carbocycles. The van der Waals surface area contributed by atoms with E-state index in [0.717, 1.165) is 5.56 Å². The molecule has 0 heterocycles. The van der Waals surface area contributed by atoms with Gasteiger partial charge >= 0.3 is 0 Å². The SMILES string of the molecule is Cc1ccc(N=O)c(O)c1CO. The van der Waals surface area contributed by atoms with Crippen molar-refractivity contribution in [1.82, 2.24) is 0 Å². The second kappa shape index (κ2) is 3.32. The van der Waals surface area contributed by atoms with Crippen LogP contribution in [0.15, 0.2) is 17.3 Å². The molecular weight excluding hydrogens is 158 g/mol. The molecule has 4 nitrogen and oxygen atoms in total. The molecule has 0 aromatic heterocycles. The summed E-state index contributed by atoms with van der Waals surface area (Å²) in [4.78, 5) is 10.1. The summed E-state index contributed by atoms with van der Waals surface area (Å²) in [6.07, 6.45) is 0. The molecule has 0 saturated carbocycles. The molecule has 4 heteroatoms. The Hall–Kier alpha value is -1.42. The average molecular weight is 167 g/mol. The van der Waals surface area contributed by atoms with Crippen molar-refractivity contribution in [2.45, 2.75) is 13.5 Å². The molecule has 12 heavy (non-hydrogen) atoms. The smallest absolute Gasteiger partial charge is 0.150 e.